The second-order valence-corrected chi connectivity index (χ2v) is 6.04. The summed E-state index contributed by atoms with van der Waals surface area (Å²) < 4.78 is 1.01. The van der Waals surface area contributed by atoms with E-state index in [1.165, 1.54) is 0 Å². The second-order valence-electron chi connectivity index (χ2n) is 5.12. The largest absolute Gasteiger partial charge is 0.351 e. The molecule has 0 fully saturated rings. The minimum atomic E-state index is -0.665. The van der Waals surface area contributed by atoms with Gasteiger partial charge in [0.15, 0.2) is 0 Å². The Hall–Kier alpha value is -1.93. The van der Waals surface area contributed by atoms with Crippen LogP contribution in [0.4, 0.5) is 5.82 Å². The third-order valence-corrected chi connectivity index (χ3v) is 3.35. The lowest BCUT2D eigenvalue weighted by Gasteiger charge is -2.17. The zero-order valence-corrected chi connectivity index (χ0v) is 13.2. The Kier molecular flexibility index (Phi) is 4.05. The summed E-state index contributed by atoms with van der Waals surface area (Å²) in [5.74, 6) is 0.591. The van der Waals surface area contributed by atoms with Gasteiger partial charge >= 0.3 is 0 Å². The minimum Gasteiger partial charge on any atom is -0.351 e. The van der Waals surface area contributed by atoms with E-state index >= 15 is 0 Å². The number of nitriles is 1. The van der Waals surface area contributed by atoms with Crippen molar-refractivity contribution in [2.45, 2.75) is 26.3 Å². The first-order chi connectivity index (χ1) is 9.41. The number of hydrogen-bond donors (Lipinski definition) is 1. The maximum absolute atomic E-state index is 8.99. The Bertz CT molecular complexity index is 657. The summed E-state index contributed by atoms with van der Waals surface area (Å²) in [4.78, 5) is 0. The van der Waals surface area contributed by atoms with Gasteiger partial charge in [0.2, 0.25) is 0 Å². The number of aryl methyl sites for hydroxylation is 1. The SMILES string of the molecule is Cc1ccc(Br)cc1-c1ccc(NC(C)(C)C#N)nn1. The van der Waals surface area contributed by atoms with E-state index in [2.05, 4.69) is 37.5 Å². The van der Waals surface area contributed by atoms with E-state index in [0.717, 1.165) is 21.3 Å². The molecule has 0 radical (unpaired) electrons. The number of hydrogen-bond acceptors (Lipinski definition) is 4. The molecule has 2 aromatic rings. The molecular weight excluding hydrogens is 316 g/mol. The van der Waals surface area contributed by atoms with Gasteiger partial charge in [-0.1, -0.05) is 22.0 Å². The fraction of sp³-hybridized carbons (Fsp3) is 0.267. The van der Waals surface area contributed by atoms with E-state index in [0.29, 0.717) is 5.82 Å². The van der Waals surface area contributed by atoms with Gasteiger partial charge in [-0.3, -0.25) is 0 Å². The zero-order chi connectivity index (χ0) is 14.8. The lowest BCUT2D eigenvalue weighted by Crippen LogP contribution is -2.29. The predicted molar refractivity (Wildman–Crippen MR) is 83.2 cm³/mol. The summed E-state index contributed by atoms with van der Waals surface area (Å²) in [7, 11) is 0. The maximum atomic E-state index is 8.99. The molecule has 1 heterocycles. The van der Waals surface area contributed by atoms with Crippen molar-refractivity contribution in [1.29, 1.82) is 5.26 Å². The third-order valence-electron chi connectivity index (χ3n) is 2.86. The fourth-order valence-electron chi connectivity index (χ4n) is 1.76. The average molecular weight is 331 g/mol. The monoisotopic (exact) mass is 330 g/mol. The smallest absolute Gasteiger partial charge is 0.149 e. The van der Waals surface area contributed by atoms with E-state index in [9.17, 15) is 0 Å². The molecule has 20 heavy (non-hydrogen) atoms. The van der Waals surface area contributed by atoms with Gasteiger partial charge in [0, 0.05) is 10.0 Å². The van der Waals surface area contributed by atoms with Crippen LogP contribution in [0.5, 0.6) is 0 Å². The molecular formula is C15H15BrN4. The van der Waals surface area contributed by atoms with Crippen molar-refractivity contribution in [2.75, 3.05) is 5.32 Å². The number of nitrogens with one attached hydrogen (secondary N) is 1. The van der Waals surface area contributed by atoms with Crippen LogP contribution in [0.15, 0.2) is 34.8 Å². The van der Waals surface area contributed by atoms with Crippen LogP contribution in [0, 0.1) is 18.3 Å². The Morgan fingerprint density at radius 3 is 2.55 bits per heavy atom. The fourth-order valence-corrected chi connectivity index (χ4v) is 2.12. The molecule has 0 aliphatic rings. The molecule has 102 valence electrons. The molecule has 1 aromatic heterocycles. The Morgan fingerprint density at radius 1 is 1.20 bits per heavy atom. The van der Waals surface area contributed by atoms with Crippen LogP contribution < -0.4 is 5.32 Å². The van der Waals surface area contributed by atoms with Gasteiger partial charge in [0.25, 0.3) is 0 Å². The van der Waals surface area contributed by atoms with Gasteiger partial charge in [-0.25, -0.2) is 0 Å². The first-order valence-electron chi connectivity index (χ1n) is 6.21. The van der Waals surface area contributed by atoms with Crippen molar-refractivity contribution in [1.82, 2.24) is 10.2 Å². The molecule has 4 nitrogen and oxygen atoms in total. The highest BCUT2D eigenvalue weighted by molar-refractivity contribution is 9.10. The first kappa shape index (κ1) is 14.5. The van der Waals surface area contributed by atoms with Crippen molar-refractivity contribution in [3.8, 4) is 17.3 Å². The predicted octanol–water partition coefficient (Wildman–Crippen LogP) is 3.93. The van der Waals surface area contributed by atoms with Crippen LogP contribution >= 0.6 is 15.9 Å². The summed E-state index contributed by atoms with van der Waals surface area (Å²) in [6.07, 6.45) is 0. The molecule has 2 rings (SSSR count). The number of rotatable bonds is 3. The van der Waals surface area contributed by atoms with Crippen molar-refractivity contribution < 1.29 is 0 Å². The minimum absolute atomic E-state index is 0.591. The van der Waals surface area contributed by atoms with Crippen molar-refractivity contribution in [2.24, 2.45) is 0 Å². The molecule has 0 unspecified atom stereocenters. The standard InChI is InChI=1S/C15H15BrN4/c1-10-4-5-11(16)8-12(10)13-6-7-14(20-19-13)18-15(2,3)9-17/h4-8H,1-3H3,(H,18,20). The molecule has 0 bridgehead atoms. The van der Waals surface area contributed by atoms with Crippen LogP contribution in [0.25, 0.3) is 11.3 Å². The van der Waals surface area contributed by atoms with Crippen molar-refractivity contribution in [3.63, 3.8) is 0 Å². The van der Waals surface area contributed by atoms with Gasteiger partial charge in [-0.05, 0) is 50.6 Å². The molecule has 1 aromatic carbocycles. The quantitative estimate of drug-likeness (QED) is 0.926. The van der Waals surface area contributed by atoms with Crippen LogP contribution in [0.2, 0.25) is 0 Å². The van der Waals surface area contributed by atoms with Crippen LogP contribution in [-0.4, -0.2) is 15.7 Å². The van der Waals surface area contributed by atoms with Crippen molar-refractivity contribution >= 4 is 21.7 Å². The molecule has 0 atom stereocenters. The zero-order valence-electron chi connectivity index (χ0n) is 11.6. The second kappa shape index (κ2) is 5.59. The molecule has 0 amide bonds. The van der Waals surface area contributed by atoms with E-state index in [1.54, 1.807) is 13.8 Å². The highest BCUT2D eigenvalue weighted by atomic mass is 79.9. The van der Waals surface area contributed by atoms with Crippen molar-refractivity contribution in [3.05, 3.63) is 40.4 Å². The Labute approximate surface area is 127 Å². The average Bonchev–Trinajstić information content (AvgIpc) is 2.42. The van der Waals surface area contributed by atoms with Gasteiger partial charge in [-0.2, -0.15) is 5.26 Å². The van der Waals surface area contributed by atoms with Crippen LogP contribution in [-0.2, 0) is 0 Å². The highest BCUT2D eigenvalue weighted by Crippen LogP contribution is 2.25. The lowest BCUT2D eigenvalue weighted by atomic mass is 10.1. The summed E-state index contributed by atoms with van der Waals surface area (Å²) in [5, 5.41) is 20.4. The molecule has 0 spiro atoms. The highest BCUT2D eigenvalue weighted by Gasteiger charge is 2.16. The molecule has 1 N–H and O–H groups in total. The summed E-state index contributed by atoms with van der Waals surface area (Å²) in [6, 6.07) is 12.0. The summed E-state index contributed by atoms with van der Waals surface area (Å²) >= 11 is 3.46. The van der Waals surface area contributed by atoms with Crippen LogP contribution in [0.3, 0.4) is 0 Å². The molecule has 0 saturated heterocycles. The van der Waals surface area contributed by atoms with Gasteiger partial charge in [0.1, 0.15) is 11.4 Å². The molecule has 5 heteroatoms. The maximum Gasteiger partial charge on any atom is 0.149 e. The van der Waals surface area contributed by atoms with E-state index < -0.39 is 5.54 Å². The van der Waals surface area contributed by atoms with Crippen LogP contribution in [0.1, 0.15) is 19.4 Å². The van der Waals surface area contributed by atoms with E-state index in [-0.39, 0.29) is 0 Å². The van der Waals surface area contributed by atoms with E-state index in [4.69, 9.17) is 5.26 Å². The van der Waals surface area contributed by atoms with Gasteiger partial charge in [0.05, 0.1) is 11.8 Å². The number of halogens is 1. The number of aromatic nitrogens is 2. The number of nitrogens with zero attached hydrogens (tertiary/aromatic N) is 3. The third kappa shape index (κ3) is 3.34. The molecule has 0 saturated carbocycles. The van der Waals surface area contributed by atoms with E-state index in [1.807, 2.05) is 37.3 Å². The lowest BCUT2D eigenvalue weighted by molar-refractivity contribution is 0.719. The van der Waals surface area contributed by atoms with Gasteiger partial charge < -0.3 is 5.32 Å². The Balaban J connectivity index is 2.29. The number of anilines is 1. The van der Waals surface area contributed by atoms with Gasteiger partial charge in [-0.15, -0.1) is 10.2 Å². The summed E-state index contributed by atoms with van der Waals surface area (Å²) in [5.41, 5.74) is 2.32. The molecule has 0 aliphatic heterocycles. The summed E-state index contributed by atoms with van der Waals surface area (Å²) in [6.45, 7) is 5.62. The Morgan fingerprint density at radius 2 is 1.95 bits per heavy atom. The normalized spacial score (nSPS) is 10.9. The first-order valence-corrected chi connectivity index (χ1v) is 7.00. The number of benzene rings is 1. The molecule has 0 aliphatic carbocycles. The topological polar surface area (TPSA) is 61.6 Å².